The summed E-state index contributed by atoms with van der Waals surface area (Å²) in [6.07, 6.45) is 1.30. The van der Waals surface area contributed by atoms with Crippen molar-refractivity contribution in [2.75, 3.05) is 20.2 Å². The van der Waals surface area contributed by atoms with Gasteiger partial charge in [-0.1, -0.05) is 12.1 Å². The van der Waals surface area contributed by atoms with Crippen molar-refractivity contribution < 1.29 is 22.7 Å². The highest BCUT2D eigenvalue weighted by atomic mass is 32.2. The quantitative estimate of drug-likeness (QED) is 0.703. The highest BCUT2D eigenvalue weighted by Crippen LogP contribution is 2.28. The van der Waals surface area contributed by atoms with Crippen LogP contribution in [0.3, 0.4) is 0 Å². The van der Waals surface area contributed by atoms with Crippen LogP contribution < -0.4 is 5.32 Å². The molecule has 2 heterocycles. The minimum absolute atomic E-state index is 0.163. The molecule has 1 aromatic carbocycles. The van der Waals surface area contributed by atoms with Gasteiger partial charge in [0.1, 0.15) is 4.21 Å². The number of aryl methyl sites for hydroxylation is 1. The molecule has 1 amide bonds. The number of carbonyl (C=O) groups excluding carboxylic acids is 2. The summed E-state index contributed by atoms with van der Waals surface area (Å²) < 4.78 is 32.1. The predicted molar refractivity (Wildman–Crippen MR) is 110 cm³/mol. The van der Waals surface area contributed by atoms with E-state index >= 15 is 0 Å². The molecule has 29 heavy (non-hydrogen) atoms. The van der Waals surface area contributed by atoms with Crippen molar-refractivity contribution >= 4 is 33.2 Å². The third kappa shape index (κ3) is 5.04. The Balaban J connectivity index is 1.59. The molecule has 0 radical (unpaired) electrons. The highest BCUT2D eigenvalue weighted by Gasteiger charge is 2.33. The maximum Gasteiger partial charge on any atom is 0.337 e. The molecule has 2 aromatic rings. The molecular formula is C20H24N2O5S2. The molecule has 9 heteroatoms. The van der Waals surface area contributed by atoms with Gasteiger partial charge in [0.25, 0.3) is 10.0 Å². The third-order valence-electron chi connectivity index (χ3n) is 4.91. The smallest absolute Gasteiger partial charge is 0.337 e. The van der Waals surface area contributed by atoms with Crippen LogP contribution in [0.1, 0.15) is 33.6 Å². The van der Waals surface area contributed by atoms with Gasteiger partial charge in [-0.3, -0.25) is 4.79 Å². The molecule has 7 nitrogen and oxygen atoms in total. The lowest BCUT2D eigenvalue weighted by Gasteiger charge is -2.30. The third-order valence-corrected chi connectivity index (χ3v) is 8.24. The molecule has 0 bridgehead atoms. The van der Waals surface area contributed by atoms with E-state index in [4.69, 9.17) is 0 Å². The van der Waals surface area contributed by atoms with E-state index < -0.39 is 16.0 Å². The average molecular weight is 437 g/mol. The molecule has 0 aliphatic carbocycles. The number of ether oxygens (including phenoxy) is 1. The van der Waals surface area contributed by atoms with Crippen LogP contribution in [0.4, 0.5) is 0 Å². The van der Waals surface area contributed by atoms with Crippen molar-refractivity contribution in [1.29, 1.82) is 0 Å². The normalized spacial score (nSPS) is 17.7. The Morgan fingerprint density at radius 1 is 1.21 bits per heavy atom. The first kappa shape index (κ1) is 21.5. The summed E-state index contributed by atoms with van der Waals surface area (Å²) >= 11 is 1.25. The van der Waals surface area contributed by atoms with Crippen LogP contribution in [-0.2, 0) is 26.1 Å². The molecule has 1 aliphatic rings. The number of hydrogen-bond acceptors (Lipinski definition) is 6. The van der Waals surface area contributed by atoms with E-state index in [2.05, 4.69) is 10.1 Å². The van der Waals surface area contributed by atoms with Crippen LogP contribution in [0.25, 0.3) is 0 Å². The van der Waals surface area contributed by atoms with Gasteiger partial charge in [-0.15, -0.1) is 11.3 Å². The molecule has 1 N–H and O–H groups in total. The number of thiophene rings is 1. The Labute approximate surface area is 174 Å². The van der Waals surface area contributed by atoms with Crippen molar-refractivity contribution in [2.45, 2.75) is 30.5 Å². The molecule has 1 saturated heterocycles. The van der Waals surface area contributed by atoms with Gasteiger partial charge in [0.05, 0.1) is 18.6 Å². The summed E-state index contributed by atoms with van der Waals surface area (Å²) in [6, 6.07) is 10.2. The van der Waals surface area contributed by atoms with Crippen LogP contribution in [0.5, 0.6) is 0 Å². The number of piperidine rings is 1. The fraction of sp³-hybridized carbons (Fsp3) is 0.400. The van der Waals surface area contributed by atoms with Gasteiger partial charge in [0.2, 0.25) is 5.91 Å². The zero-order valence-electron chi connectivity index (χ0n) is 16.4. The summed E-state index contributed by atoms with van der Waals surface area (Å²) in [5.74, 6) is -0.955. The summed E-state index contributed by atoms with van der Waals surface area (Å²) in [7, 11) is -2.24. The van der Waals surface area contributed by atoms with Gasteiger partial charge in [-0.2, -0.15) is 4.31 Å². The lowest BCUT2D eigenvalue weighted by molar-refractivity contribution is -0.126. The van der Waals surface area contributed by atoms with Crippen LogP contribution in [0.2, 0.25) is 0 Å². The van der Waals surface area contributed by atoms with E-state index in [0.717, 1.165) is 10.4 Å². The lowest BCUT2D eigenvalue weighted by Crippen LogP contribution is -2.45. The van der Waals surface area contributed by atoms with Gasteiger partial charge in [-0.05, 0) is 49.6 Å². The fourth-order valence-electron chi connectivity index (χ4n) is 3.26. The Bertz CT molecular complexity index is 983. The average Bonchev–Trinajstić information content (AvgIpc) is 3.19. The second-order valence-electron chi connectivity index (χ2n) is 6.97. The van der Waals surface area contributed by atoms with Gasteiger partial charge < -0.3 is 10.1 Å². The molecule has 1 aliphatic heterocycles. The van der Waals surface area contributed by atoms with Crippen molar-refractivity contribution in [2.24, 2.45) is 5.92 Å². The fourth-order valence-corrected chi connectivity index (χ4v) is 6.22. The highest BCUT2D eigenvalue weighted by molar-refractivity contribution is 7.91. The molecule has 3 rings (SSSR count). The molecule has 156 valence electrons. The predicted octanol–water partition coefficient (Wildman–Crippen LogP) is 2.56. The molecule has 0 saturated carbocycles. The summed E-state index contributed by atoms with van der Waals surface area (Å²) in [5, 5.41) is 2.87. The summed E-state index contributed by atoms with van der Waals surface area (Å²) in [4.78, 5) is 25.0. The lowest BCUT2D eigenvalue weighted by atomic mass is 9.98. The van der Waals surface area contributed by atoms with E-state index in [1.165, 1.54) is 22.8 Å². The van der Waals surface area contributed by atoms with Gasteiger partial charge in [-0.25, -0.2) is 13.2 Å². The Kier molecular flexibility index (Phi) is 6.71. The monoisotopic (exact) mass is 436 g/mol. The zero-order chi connectivity index (χ0) is 21.0. The number of nitrogens with zero attached hydrogens (tertiary/aromatic N) is 1. The number of carbonyl (C=O) groups is 2. The van der Waals surface area contributed by atoms with E-state index in [1.54, 1.807) is 36.4 Å². The molecule has 1 fully saturated rings. The van der Waals surface area contributed by atoms with Crippen LogP contribution >= 0.6 is 11.3 Å². The first-order valence-corrected chi connectivity index (χ1v) is 11.6. The number of nitrogens with one attached hydrogen (secondary N) is 1. The van der Waals surface area contributed by atoms with Crippen molar-refractivity contribution in [3.05, 3.63) is 52.4 Å². The Morgan fingerprint density at radius 2 is 1.93 bits per heavy atom. The van der Waals surface area contributed by atoms with E-state index in [9.17, 15) is 18.0 Å². The van der Waals surface area contributed by atoms with Crippen molar-refractivity contribution in [3.63, 3.8) is 0 Å². The maximum absolute atomic E-state index is 12.8. The minimum Gasteiger partial charge on any atom is -0.465 e. The number of methoxy groups -OCH3 is 1. The van der Waals surface area contributed by atoms with Crippen LogP contribution in [0, 0.1) is 12.8 Å². The van der Waals surface area contributed by atoms with Gasteiger partial charge in [0.15, 0.2) is 0 Å². The van der Waals surface area contributed by atoms with E-state index in [0.29, 0.717) is 35.7 Å². The summed E-state index contributed by atoms with van der Waals surface area (Å²) in [6.45, 7) is 2.80. The number of hydrogen-bond donors (Lipinski definition) is 1. The SMILES string of the molecule is COC(=O)c1ccc(CNC(=O)[C@@H]2CCCN(S(=O)(=O)c3ccc(C)s3)C2)cc1. The molecule has 1 aromatic heterocycles. The maximum atomic E-state index is 12.8. The van der Waals surface area contributed by atoms with Crippen molar-refractivity contribution in [1.82, 2.24) is 9.62 Å². The zero-order valence-corrected chi connectivity index (χ0v) is 18.0. The molecule has 0 unspecified atom stereocenters. The molecular weight excluding hydrogens is 412 g/mol. The topological polar surface area (TPSA) is 92.8 Å². The number of esters is 1. The van der Waals surface area contributed by atoms with Gasteiger partial charge in [0, 0.05) is 24.5 Å². The Morgan fingerprint density at radius 3 is 2.55 bits per heavy atom. The number of amides is 1. The van der Waals surface area contributed by atoms with Crippen LogP contribution in [0.15, 0.2) is 40.6 Å². The van der Waals surface area contributed by atoms with E-state index in [-0.39, 0.29) is 18.4 Å². The number of benzene rings is 1. The minimum atomic E-state index is -3.56. The van der Waals surface area contributed by atoms with Crippen molar-refractivity contribution in [3.8, 4) is 0 Å². The summed E-state index contributed by atoms with van der Waals surface area (Å²) in [5.41, 5.74) is 1.29. The molecule has 0 spiro atoms. The number of rotatable bonds is 6. The first-order valence-electron chi connectivity index (χ1n) is 9.33. The second-order valence-corrected chi connectivity index (χ2v) is 10.4. The Hall–Kier alpha value is -2.23. The van der Waals surface area contributed by atoms with Crippen LogP contribution in [-0.4, -0.2) is 44.8 Å². The first-order chi connectivity index (χ1) is 13.8. The molecule has 1 atom stereocenters. The standard InChI is InChI=1S/C20H24N2O5S2/c1-14-5-10-18(28-14)29(25,26)22-11-3-4-17(13-22)19(23)21-12-15-6-8-16(9-7-15)20(24)27-2/h5-10,17H,3-4,11-13H2,1-2H3,(H,21,23)/t17-/m1/s1. The van der Waals surface area contributed by atoms with E-state index in [1.807, 2.05) is 6.92 Å². The van der Waals surface area contributed by atoms with Gasteiger partial charge >= 0.3 is 5.97 Å². The number of sulfonamides is 1. The second kappa shape index (κ2) is 9.06. The largest absolute Gasteiger partial charge is 0.465 e.